The van der Waals surface area contributed by atoms with Gasteiger partial charge in [-0.3, -0.25) is 4.79 Å². The number of halogens is 4. The molecule has 1 atom stereocenters. The maximum Gasteiger partial charge on any atom is 0.446 e. The van der Waals surface area contributed by atoms with E-state index in [0.717, 1.165) is 6.42 Å². The predicted molar refractivity (Wildman–Crippen MR) is 87.9 cm³/mol. The third-order valence-electron chi connectivity index (χ3n) is 3.93. The molecule has 1 aromatic carbocycles. The minimum atomic E-state index is -4.32. The molecule has 0 bridgehead atoms. The summed E-state index contributed by atoms with van der Waals surface area (Å²) in [4.78, 5) is 14.2. The molecular weight excluding hydrogens is 349 g/mol. The maximum atomic E-state index is 12.4. The second-order valence-corrected chi connectivity index (χ2v) is 7.32. The van der Waals surface area contributed by atoms with Crippen LogP contribution in [0.25, 0.3) is 0 Å². The van der Waals surface area contributed by atoms with Gasteiger partial charge in [0.2, 0.25) is 0 Å². The molecule has 1 fully saturated rings. The van der Waals surface area contributed by atoms with Gasteiger partial charge >= 0.3 is 5.51 Å². The Bertz CT molecular complexity index is 549. The average molecular weight is 369 g/mol. The normalized spacial score (nSPS) is 20.8. The molecule has 8 heteroatoms. The van der Waals surface area contributed by atoms with E-state index in [4.69, 9.17) is 5.73 Å². The molecule has 0 aliphatic carbocycles. The summed E-state index contributed by atoms with van der Waals surface area (Å²) in [5.74, 6) is -0.163. The van der Waals surface area contributed by atoms with E-state index in [9.17, 15) is 18.0 Å². The highest BCUT2D eigenvalue weighted by atomic mass is 35.5. The monoisotopic (exact) mass is 368 g/mol. The summed E-state index contributed by atoms with van der Waals surface area (Å²) < 4.78 is 36.9. The van der Waals surface area contributed by atoms with E-state index in [1.807, 2.05) is 13.8 Å². The lowest BCUT2D eigenvalue weighted by atomic mass is 9.79. The Morgan fingerprint density at radius 2 is 1.87 bits per heavy atom. The number of likely N-dealkylation sites (tertiary alicyclic amines) is 1. The zero-order valence-electron chi connectivity index (χ0n) is 12.9. The molecule has 0 spiro atoms. The van der Waals surface area contributed by atoms with Crippen LogP contribution in [0.4, 0.5) is 13.2 Å². The zero-order valence-corrected chi connectivity index (χ0v) is 14.5. The fourth-order valence-corrected chi connectivity index (χ4v) is 3.07. The smallest absolute Gasteiger partial charge is 0.338 e. The number of hydrogen-bond acceptors (Lipinski definition) is 3. The highest BCUT2D eigenvalue weighted by Gasteiger charge is 2.35. The third kappa shape index (κ3) is 5.29. The van der Waals surface area contributed by atoms with Crippen LogP contribution in [0.2, 0.25) is 0 Å². The van der Waals surface area contributed by atoms with Gasteiger partial charge in [-0.15, -0.1) is 12.4 Å². The predicted octanol–water partition coefficient (Wildman–Crippen LogP) is 3.92. The van der Waals surface area contributed by atoms with Gasteiger partial charge in [-0.2, -0.15) is 13.2 Å². The van der Waals surface area contributed by atoms with Crippen molar-refractivity contribution < 1.29 is 18.0 Å². The summed E-state index contributed by atoms with van der Waals surface area (Å²) in [6.07, 6.45) is 0.723. The topological polar surface area (TPSA) is 46.3 Å². The lowest BCUT2D eigenvalue weighted by Crippen LogP contribution is -2.53. The molecule has 1 aliphatic heterocycles. The fourth-order valence-electron chi connectivity index (χ4n) is 2.53. The van der Waals surface area contributed by atoms with Gasteiger partial charge in [0.25, 0.3) is 5.91 Å². The molecule has 0 radical (unpaired) electrons. The van der Waals surface area contributed by atoms with Crippen LogP contribution in [0.5, 0.6) is 0 Å². The number of nitrogens with zero attached hydrogens (tertiary/aromatic N) is 1. The Hall–Kier alpha value is -0.920. The SMILES string of the molecule is CC1(C)CN(C(=O)c2ccc(SC(F)(F)F)cc2)CCC1N.Cl. The van der Waals surface area contributed by atoms with Crippen LogP contribution in [0.15, 0.2) is 29.2 Å². The minimum absolute atomic E-state index is 0. The van der Waals surface area contributed by atoms with E-state index < -0.39 is 5.51 Å². The Labute approximate surface area is 144 Å². The Balaban J connectivity index is 0.00000264. The van der Waals surface area contributed by atoms with Crippen LogP contribution < -0.4 is 5.73 Å². The summed E-state index contributed by atoms with van der Waals surface area (Å²) in [6.45, 7) is 5.15. The first-order chi connectivity index (χ1) is 10.1. The molecule has 3 nitrogen and oxygen atoms in total. The number of carbonyl (C=O) groups is 1. The number of thioether (sulfide) groups is 1. The largest absolute Gasteiger partial charge is 0.446 e. The highest BCUT2D eigenvalue weighted by Crippen LogP contribution is 2.37. The van der Waals surface area contributed by atoms with Crippen LogP contribution in [0.1, 0.15) is 30.6 Å². The van der Waals surface area contributed by atoms with E-state index in [-0.39, 0.29) is 46.4 Å². The van der Waals surface area contributed by atoms with Gasteiger partial charge in [-0.05, 0) is 47.9 Å². The third-order valence-corrected chi connectivity index (χ3v) is 4.67. The number of carbonyl (C=O) groups excluding carboxylic acids is 1. The number of amides is 1. The van der Waals surface area contributed by atoms with Crippen molar-refractivity contribution in [2.45, 2.75) is 36.7 Å². The molecule has 0 saturated carbocycles. The van der Waals surface area contributed by atoms with Crippen molar-refractivity contribution in [3.8, 4) is 0 Å². The van der Waals surface area contributed by atoms with Crippen LogP contribution in [-0.2, 0) is 0 Å². The number of hydrogen-bond donors (Lipinski definition) is 1. The first kappa shape index (κ1) is 20.1. The molecule has 2 N–H and O–H groups in total. The lowest BCUT2D eigenvalue weighted by Gasteiger charge is -2.42. The molecule has 0 aromatic heterocycles. The van der Waals surface area contributed by atoms with Crippen LogP contribution in [0, 0.1) is 5.41 Å². The van der Waals surface area contributed by atoms with Crippen molar-refractivity contribution in [3.05, 3.63) is 29.8 Å². The van der Waals surface area contributed by atoms with E-state index in [1.165, 1.54) is 24.3 Å². The quantitative estimate of drug-likeness (QED) is 0.805. The summed E-state index contributed by atoms with van der Waals surface area (Å²) in [7, 11) is 0. The van der Waals surface area contributed by atoms with Crippen molar-refractivity contribution in [2.24, 2.45) is 11.1 Å². The van der Waals surface area contributed by atoms with Gasteiger partial charge in [0.1, 0.15) is 0 Å². The van der Waals surface area contributed by atoms with Crippen LogP contribution in [0.3, 0.4) is 0 Å². The van der Waals surface area contributed by atoms with Gasteiger partial charge in [-0.25, -0.2) is 0 Å². The molecule has 23 heavy (non-hydrogen) atoms. The lowest BCUT2D eigenvalue weighted by molar-refractivity contribution is -0.0328. The molecular formula is C15H20ClF3N2OS. The fraction of sp³-hybridized carbons (Fsp3) is 0.533. The summed E-state index contributed by atoms with van der Waals surface area (Å²) in [6, 6.07) is 5.58. The van der Waals surface area contributed by atoms with Gasteiger partial charge < -0.3 is 10.6 Å². The Morgan fingerprint density at radius 3 is 2.35 bits per heavy atom. The summed E-state index contributed by atoms with van der Waals surface area (Å²) in [5, 5.41) is 0. The average Bonchev–Trinajstić information content (AvgIpc) is 2.40. The second-order valence-electron chi connectivity index (χ2n) is 6.18. The number of alkyl halides is 3. The zero-order chi connectivity index (χ0) is 16.5. The van der Waals surface area contributed by atoms with Gasteiger partial charge in [0.15, 0.2) is 0 Å². The van der Waals surface area contributed by atoms with E-state index in [1.54, 1.807) is 4.90 Å². The first-order valence-electron chi connectivity index (χ1n) is 6.99. The van der Waals surface area contributed by atoms with Crippen molar-refractivity contribution in [1.82, 2.24) is 4.90 Å². The van der Waals surface area contributed by atoms with E-state index in [2.05, 4.69) is 0 Å². The second kappa shape index (κ2) is 7.32. The van der Waals surface area contributed by atoms with Gasteiger partial charge in [-0.1, -0.05) is 13.8 Å². The molecule has 1 aromatic rings. The molecule has 1 aliphatic rings. The molecule has 2 rings (SSSR count). The number of benzene rings is 1. The summed E-state index contributed by atoms with van der Waals surface area (Å²) in [5.41, 5.74) is 1.96. The van der Waals surface area contributed by atoms with E-state index >= 15 is 0 Å². The number of rotatable bonds is 2. The van der Waals surface area contributed by atoms with E-state index in [0.29, 0.717) is 18.7 Å². The number of nitrogens with two attached hydrogens (primary N) is 1. The van der Waals surface area contributed by atoms with Gasteiger partial charge in [0.05, 0.1) is 0 Å². The number of piperidine rings is 1. The van der Waals surface area contributed by atoms with Crippen LogP contribution >= 0.6 is 24.2 Å². The molecule has 1 saturated heterocycles. The molecule has 1 heterocycles. The Morgan fingerprint density at radius 1 is 1.30 bits per heavy atom. The standard InChI is InChI=1S/C15H19F3N2OS.ClH/c1-14(2)9-20(8-7-12(14)19)13(21)10-3-5-11(6-4-10)22-15(16,17)18;/h3-6,12H,7-9,19H2,1-2H3;1H. The van der Waals surface area contributed by atoms with Crippen molar-refractivity contribution >= 4 is 30.1 Å². The Kier molecular flexibility index (Phi) is 6.40. The van der Waals surface area contributed by atoms with Crippen molar-refractivity contribution in [1.29, 1.82) is 0 Å². The molecule has 1 amide bonds. The molecule has 1 unspecified atom stereocenters. The molecule has 130 valence electrons. The first-order valence-corrected chi connectivity index (χ1v) is 7.81. The van der Waals surface area contributed by atoms with Crippen LogP contribution in [-0.4, -0.2) is 35.4 Å². The van der Waals surface area contributed by atoms with Crippen molar-refractivity contribution in [2.75, 3.05) is 13.1 Å². The van der Waals surface area contributed by atoms with Gasteiger partial charge in [0, 0.05) is 29.6 Å². The summed E-state index contributed by atoms with van der Waals surface area (Å²) >= 11 is -0.185. The highest BCUT2D eigenvalue weighted by molar-refractivity contribution is 8.00. The van der Waals surface area contributed by atoms with Crippen molar-refractivity contribution in [3.63, 3.8) is 0 Å². The maximum absolute atomic E-state index is 12.4. The minimum Gasteiger partial charge on any atom is -0.338 e.